The Morgan fingerprint density at radius 1 is 1.22 bits per heavy atom. The number of carboxylic acid groups (broad SMARTS) is 1. The number of nitrogens with one attached hydrogen (secondary N) is 3. The van der Waals surface area contributed by atoms with E-state index in [2.05, 4.69) is 10.6 Å². The van der Waals surface area contributed by atoms with Gasteiger partial charge in [-0.2, -0.15) is 0 Å². The number of hydrogen-bond acceptors (Lipinski definition) is 3. The van der Waals surface area contributed by atoms with Crippen molar-refractivity contribution in [3.63, 3.8) is 0 Å². The molecule has 0 bridgehead atoms. The molecule has 0 saturated carbocycles. The Labute approximate surface area is 135 Å². The van der Waals surface area contributed by atoms with Gasteiger partial charge in [0.25, 0.3) is 0 Å². The molecule has 1 unspecified atom stereocenters. The number of rotatable bonds is 9. The Morgan fingerprint density at radius 2 is 1.87 bits per heavy atom. The number of benzene rings is 1. The minimum absolute atomic E-state index is 0.0592. The van der Waals surface area contributed by atoms with E-state index in [1.54, 1.807) is 6.92 Å². The molecule has 0 aliphatic heterocycles. The summed E-state index contributed by atoms with van der Waals surface area (Å²) >= 11 is 0. The Bertz CT molecular complexity index is 543. The average molecular weight is 320 g/mol. The van der Waals surface area contributed by atoms with Gasteiger partial charge in [-0.15, -0.1) is 0 Å². The summed E-state index contributed by atoms with van der Waals surface area (Å²) in [7, 11) is 0. The third kappa shape index (κ3) is 7.30. The summed E-state index contributed by atoms with van der Waals surface area (Å²) in [6.07, 6.45) is 2.64. The van der Waals surface area contributed by atoms with Crippen LogP contribution in [0.3, 0.4) is 0 Å². The molecule has 0 radical (unpaired) electrons. The maximum Gasteiger partial charge on any atom is 0.314 e. The zero-order valence-electron chi connectivity index (χ0n) is 13.3. The van der Waals surface area contributed by atoms with E-state index in [9.17, 15) is 9.59 Å². The fraction of sp³-hybridized carbons (Fsp3) is 0.438. The van der Waals surface area contributed by atoms with Crippen LogP contribution in [0.15, 0.2) is 24.3 Å². The lowest BCUT2D eigenvalue weighted by atomic mass is 10.1. The van der Waals surface area contributed by atoms with Crippen LogP contribution >= 0.6 is 0 Å². The van der Waals surface area contributed by atoms with Crippen LogP contribution < -0.4 is 16.4 Å². The van der Waals surface area contributed by atoms with Gasteiger partial charge < -0.3 is 21.5 Å². The lowest BCUT2D eigenvalue weighted by Gasteiger charge is -2.10. The van der Waals surface area contributed by atoms with Gasteiger partial charge in [0.2, 0.25) is 0 Å². The lowest BCUT2D eigenvalue weighted by molar-refractivity contribution is -0.140. The molecule has 2 amide bonds. The minimum atomic E-state index is -0.930. The normalized spacial score (nSPS) is 11.5. The fourth-order valence-corrected chi connectivity index (χ4v) is 1.90. The summed E-state index contributed by atoms with van der Waals surface area (Å²) in [6, 6.07) is 7.21. The number of carbonyl (C=O) groups is 2. The van der Waals surface area contributed by atoms with E-state index in [0.29, 0.717) is 12.1 Å². The highest BCUT2D eigenvalue weighted by atomic mass is 16.4. The van der Waals surface area contributed by atoms with Crippen molar-refractivity contribution in [3.8, 4) is 0 Å². The first-order valence-electron chi connectivity index (χ1n) is 7.58. The predicted molar refractivity (Wildman–Crippen MR) is 88.6 cm³/mol. The second-order valence-corrected chi connectivity index (χ2v) is 5.44. The summed E-state index contributed by atoms with van der Waals surface area (Å²) < 4.78 is 0. The number of nitrogen functional groups attached to an aromatic ring is 1. The van der Waals surface area contributed by atoms with Gasteiger partial charge in [0, 0.05) is 18.7 Å². The highest BCUT2D eigenvalue weighted by Crippen LogP contribution is 2.07. The Balaban J connectivity index is 2.14. The molecule has 0 aliphatic carbocycles. The lowest BCUT2D eigenvalue weighted by Crippen LogP contribution is -2.39. The SMILES string of the molecule is CC(CNC(=O)NCCCCc1ccc(C(=N)N)cc1)C(=O)O. The molecule has 1 aromatic rings. The van der Waals surface area contributed by atoms with Gasteiger partial charge in [0.05, 0.1) is 5.92 Å². The topological polar surface area (TPSA) is 128 Å². The van der Waals surface area contributed by atoms with Crippen molar-refractivity contribution >= 4 is 17.8 Å². The van der Waals surface area contributed by atoms with Crippen LogP contribution in [0.2, 0.25) is 0 Å². The van der Waals surface area contributed by atoms with Crippen molar-refractivity contribution in [2.75, 3.05) is 13.1 Å². The molecule has 126 valence electrons. The summed E-state index contributed by atoms with van der Waals surface area (Å²) in [5.41, 5.74) is 7.27. The summed E-state index contributed by atoms with van der Waals surface area (Å²) in [6.45, 7) is 2.20. The number of nitrogens with two attached hydrogens (primary N) is 1. The second-order valence-electron chi connectivity index (χ2n) is 5.44. The summed E-state index contributed by atoms with van der Waals surface area (Å²) in [5, 5.41) is 21.3. The molecule has 23 heavy (non-hydrogen) atoms. The van der Waals surface area contributed by atoms with Crippen molar-refractivity contribution in [2.24, 2.45) is 11.7 Å². The van der Waals surface area contributed by atoms with Crippen LogP contribution in [0.1, 0.15) is 30.9 Å². The van der Waals surface area contributed by atoms with Crippen molar-refractivity contribution in [1.29, 1.82) is 5.41 Å². The zero-order chi connectivity index (χ0) is 17.2. The second kappa shape index (κ2) is 9.45. The van der Waals surface area contributed by atoms with Crippen LogP contribution in [-0.4, -0.2) is 36.0 Å². The van der Waals surface area contributed by atoms with Crippen molar-refractivity contribution in [1.82, 2.24) is 10.6 Å². The smallest absolute Gasteiger partial charge is 0.314 e. The van der Waals surface area contributed by atoms with Crippen molar-refractivity contribution in [3.05, 3.63) is 35.4 Å². The zero-order valence-corrected chi connectivity index (χ0v) is 13.3. The molecule has 7 nitrogen and oxygen atoms in total. The average Bonchev–Trinajstić information content (AvgIpc) is 2.52. The number of aryl methyl sites for hydroxylation is 1. The van der Waals surface area contributed by atoms with Gasteiger partial charge in [-0.05, 0) is 24.8 Å². The number of hydrogen-bond donors (Lipinski definition) is 5. The van der Waals surface area contributed by atoms with Gasteiger partial charge in [-0.25, -0.2) is 4.79 Å². The molecule has 1 aromatic carbocycles. The third-order valence-electron chi connectivity index (χ3n) is 3.43. The van der Waals surface area contributed by atoms with Crippen molar-refractivity contribution in [2.45, 2.75) is 26.2 Å². The molecule has 1 atom stereocenters. The number of unbranched alkanes of at least 4 members (excludes halogenated alkanes) is 1. The number of carboxylic acids is 1. The van der Waals surface area contributed by atoms with Gasteiger partial charge >= 0.3 is 12.0 Å². The number of urea groups is 1. The van der Waals surface area contributed by atoms with Gasteiger partial charge in [0.15, 0.2) is 0 Å². The van der Waals surface area contributed by atoms with E-state index in [4.69, 9.17) is 16.2 Å². The van der Waals surface area contributed by atoms with Crippen LogP contribution in [0.4, 0.5) is 4.79 Å². The highest BCUT2D eigenvalue weighted by Gasteiger charge is 2.11. The predicted octanol–water partition coefficient (Wildman–Crippen LogP) is 1.31. The number of amides is 2. The molecule has 0 spiro atoms. The van der Waals surface area contributed by atoms with Crippen LogP contribution in [0.25, 0.3) is 0 Å². The van der Waals surface area contributed by atoms with Gasteiger partial charge in [0.1, 0.15) is 5.84 Å². The quantitative estimate of drug-likeness (QED) is 0.267. The molecule has 7 heteroatoms. The minimum Gasteiger partial charge on any atom is -0.481 e. The summed E-state index contributed by atoms with van der Waals surface area (Å²) in [4.78, 5) is 22.1. The highest BCUT2D eigenvalue weighted by molar-refractivity contribution is 5.94. The number of aliphatic carboxylic acids is 1. The van der Waals surface area contributed by atoms with E-state index in [-0.39, 0.29) is 18.4 Å². The summed E-state index contributed by atoms with van der Waals surface area (Å²) in [5.74, 6) is -1.47. The Morgan fingerprint density at radius 3 is 2.43 bits per heavy atom. The molecule has 0 fully saturated rings. The van der Waals surface area contributed by atoms with Crippen molar-refractivity contribution < 1.29 is 14.7 Å². The number of carbonyl (C=O) groups excluding carboxylic acids is 1. The molecular formula is C16H24N4O3. The maximum absolute atomic E-state index is 11.5. The van der Waals surface area contributed by atoms with Crippen LogP contribution in [0, 0.1) is 11.3 Å². The molecular weight excluding hydrogens is 296 g/mol. The fourth-order valence-electron chi connectivity index (χ4n) is 1.90. The molecule has 1 rings (SSSR count). The van der Waals surface area contributed by atoms with E-state index >= 15 is 0 Å². The standard InChI is InChI=1S/C16H24N4O3/c1-11(15(21)22)10-20-16(23)19-9-3-2-4-12-5-7-13(8-6-12)14(17)18/h5-8,11H,2-4,9-10H2,1H3,(H3,17,18)(H,21,22)(H2,19,20,23). The van der Waals surface area contributed by atoms with Crippen LogP contribution in [0.5, 0.6) is 0 Å². The van der Waals surface area contributed by atoms with E-state index in [0.717, 1.165) is 24.8 Å². The largest absolute Gasteiger partial charge is 0.481 e. The van der Waals surface area contributed by atoms with E-state index in [1.165, 1.54) is 0 Å². The van der Waals surface area contributed by atoms with Crippen LogP contribution in [-0.2, 0) is 11.2 Å². The maximum atomic E-state index is 11.5. The molecule has 0 aromatic heterocycles. The molecule has 0 saturated heterocycles. The number of amidine groups is 1. The molecule has 0 aliphatic rings. The monoisotopic (exact) mass is 320 g/mol. The first-order chi connectivity index (χ1) is 10.9. The Hall–Kier alpha value is -2.57. The molecule has 0 heterocycles. The first-order valence-corrected chi connectivity index (χ1v) is 7.58. The molecule has 6 N–H and O–H groups in total. The van der Waals surface area contributed by atoms with Gasteiger partial charge in [-0.1, -0.05) is 31.2 Å². The Kier molecular flexibility index (Phi) is 7.59. The van der Waals surface area contributed by atoms with E-state index in [1.807, 2.05) is 24.3 Å². The van der Waals surface area contributed by atoms with E-state index < -0.39 is 11.9 Å². The first kappa shape index (κ1) is 18.5. The third-order valence-corrected chi connectivity index (χ3v) is 3.43. The van der Waals surface area contributed by atoms with Gasteiger partial charge in [-0.3, -0.25) is 10.2 Å².